The van der Waals surface area contributed by atoms with Crippen LogP contribution in [0.4, 0.5) is 11.6 Å². The van der Waals surface area contributed by atoms with Crippen LogP contribution in [0.5, 0.6) is 0 Å². The maximum absolute atomic E-state index is 10.1. The van der Waals surface area contributed by atoms with Gasteiger partial charge in [0.05, 0.1) is 11.8 Å². The normalized spacial score (nSPS) is 17.4. The number of nitrogens with zero attached hydrogens (tertiary/aromatic N) is 3. The zero-order valence-electron chi connectivity index (χ0n) is 10.3. The zero-order chi connectivity index (χ0) is 12.6. The minimum absolute atomic E-state index is 0.523. The van der Waals surface area contributed by atoms with Crippen molar-refractivity contribution in [2.45, 2.75) is 24.9 Å². The van der Waals surface area contributed by atoms with Crippen molar-refractivity contribution < 1.29 is 5.11 Å². The van der Waals surface area contributed by atoms with Crippen LogP contribution in [0.25, 0.3) is 5.65 Å². The number of rotatable bonds is 4. The second kappa shape index (κ2) is 4.13. The maximum atomic E-state index is 10.1. The summed E-state index contributed by atoms with van der Waals surface area (Å²) in [4.78, 5) is 8.70. The lowest BCUT2D eigenvalue weighted by molar-refractivity contribution is -0.0202. The quantitative estimate of drug-likeness (QED) is 0.754. The van der Waals surface area contributed by atoms with E-state index in [4.69, 9.17) is 0 Å². The van der Waals surface area contributed by atoms with Crippen molar-refractivity contribution in [2.75, 3.05) is 24.2 Å². The second-order valence-corrected chi connectivity index (χ2v) is 4.81. The Balaban J connectivity index is 1.87. The van der Waals surface area contributed by atoms with E-state index in [-0.39, 0.29) is 0 Å². The molecule has 1 aliphatic rings. The Morgan fingerprint density at radius 2 is 2.33 bits per heavy atom. The Morgan fingerprint density at radius 1 is 1.50 bits per heavy atom. The molecule has 6 heteroatoms. The van der Waals surface area contributed by atoms with Gasteiger partial charge < -0.3 is 20.1 Å². The fourth-order valence-electron chi connectivity index (χ4n) is 2.18. The smallest absolute Gasteiger partial charge is 0.180 e. The number of hydrogen-bond acceptors (Lipinski definition) is 5. The van der Waals surface area contributed by atoms with E-state index < -0.39 is 5.60 Å². The molecule has 1 aliphatic carbocycles. The van der Waals surface area contributed by atoms with Crippen molar-refractivity contribution in [3.05, 3.63) is 18.6 Å². The lowest BCUT2D eigenvalue weighted by Gasteiger charge is -2.36. The average Bonchev–Trinajstić information content (AvgIpc) is 2.81. The van der Waals surface area contributed by atoms with E-state index in [1.54, 1.807) is 6.20 Å². The SMILES string of the molecule is CNc1cn2ccnc2c(NCC2(O)CCC2)n1. The summed E-state index contributed by atoms with van der Waals surface area (Å²) >= 11 is 0. The largest absolute Gasteiger partial charge is 0.388 e. The summed E-state index contributed by atoms with van der Waals surface area (Å²) in [5.74, 6) is 1.47. The Labute approximate surface area is 105 Å². The first-order valence-electron chi connectivity index (χ1n) is 6.18. The minimum atomic E-state index is -0.569. The molecule has 0 atom stereocenters. The first-order chi connectivity index (χ1) is 8.70. The van der Waals surface area contributed by atoms with Crippen LogP contribution in [0.3, 0.4) is 0 Å². The van der Waals surface area contributed by atoms with Gasteiger partial charge in [0, 0.05) is 26.0 Å². The van der Waals surface area contributed by atoms with Crippen LogP contribution in [-0.2, 0) is 0 Å². The Hall–Kier alpha value is -1.82. The summed E-state index contributed by atoms with van der Waals surface area (Å²) in [6.07, 6.45) is 8.31. The minimum Gasteiger partial charge on any atom is -0.388 e. The average molecular weight is 247 g/mol. The molecule has 1 saturated carbocycles. The van der Waals surface area contributed by atoms with Gasteiger partial charge in [0.1, 0.15) is 5.82 Å². The van der Waals surface area contributed by atoms with Gasteiger partial charge in [0.25, 0.3) is 0 Å². The van der Waals surface area contributed by atoms with Crippen molar-refractivity contribution in [3.63, 3.8) is 0 Å². The summed E-state index contributed by atoms with van der Waals surface area (Å²) in [6.45, 7) is 0.523. The zero-order valence-corrected chi connectivity index (χ0v) is 10.3. The topological polar surface area (TPSA) is 74.5 Å². The molecule has 0 saturated heterocycles. The number of fused-ring (bicyclic) bond motifs is 1. The lowest BCUT2D eigenvalue weighted by Crippen LogP contribution is -2.43. The van der Waals surface area contributed by atoms with Crippen molar-refractivity contribution in [2.24, 2.45) is 0 Å². The Morgan fingerprint density at radius 3 is 3.00 bits per heavy atom. The standard InChI is InChI=1S/C12H17N5O/c1-13-9-7-17-6-5-14-11(17)10(16-9)15-8-12(18)3-2-4-12/h5-7,13,18H,2-4,8H2,1H3,(H,15,16). The molecule has 0 bridgehead atoms. The molecule has 3 N–H and O–H groups in total. The molecule has 96 valence electrons. The van der Waals surface area contributed by atoms with Gasteiger partial charge in [-0.05, 0) is 19.3 Å². The van der Waals surface area contributed by atoms with E-state index in [0.717, 1.165) is 30.7 Å². The summed E-state index contributed by atoms with van der Waals surface area (Å²) in [5, 5.41) is 16.3. The van der Waals surface area contributed by atoms with Crippen molar-refractivity contribution in [1.29, 1.82) is 0 Å². The molecule has 1 fully saturated rings. The van der Waals surface area contributed by atoms with E-state index in [1.165, 1.54) is 0 Å². The van der Waals surface area contributed by atoms with Crippen LogP contribution < -0.4 is 10.6 Å². The van der Waals surface area contributed by atoms with Crippen LogP contribution in [0.15, 0.2) is 18.6 Å². The van der Waals surface area contributed by atoms with Gasteiger partial charge in [0.2, 0.25) is 0 Å². The number of nitrogens with one attached hydrogen (secondary N) is 2. The van der Waals surface area contributed by atoms with Gasteiger partial charge in [-0.3, -0.25) is 0 Å². The number of hydrogen-bond donors (Lipinski definition) is 3. The molecule has 0 unspecified atom stereocenters. The van der Waals surface area contributed by atoms with E-state index in [0.29, 0.717) is 12.4 Å². The molecule has 6 nitrogen and oxygen atoms in total. The lowest BCUT2D eigenvalue weighted by atomic mass is 9.80. The molecule has 3 rings (SSSR count). The maximum Gasteiger partial charge on any atom is 0.180 e. The van der Waals surface area contributed by atoms with Crippen LogP contribution in [0, 0.1) is 0 Å². The fraction of sp³-hybridized carbons (Fsp3) is 0.500. The third-order valence-electron chi connectivity index (χ3n) is 3.50. The van der Waals surface area contributed by atoms with E-state index in [2.05, 4.69) is 20.6 Å². The van der Waals surface area contributed by atoms with E-state index in [1.807, 2.05) is 23.8 Å². The molecular weight excluding hydrogens is 230 g/mol. The first-order valence-corrected chi connectivity index (χ1v) is 6.18. The predicted octanol–water partition coefficient (Wildman–Crippen LogP) is 1.10. The van der Waals surface area contributed by atoms with Crippen LogP contribution in [0.1, 0.15) is 19.3 Å². The highest BCUT2D eigenvalue weighted by Crippen LogP contribution is 2.31. The third kappa shape index (κ3) is 1.88. The van der Waals surface area contributed by atoms with Crippen LogP contribution in [0.2, 0.25) is 0 Å². The summed E-state index contributed by atoms with van der Waals surface area (Å²) in [7, 11) is 1.83. The van der Waals surface area contributed by atoms with Gasteiger partial charge in [-0.2, -0.15) is 0 Å². The molecule has 0 radical (unpaired) electrons. The van der Waals surface area contributed by atoms with E-state index in [9.17, 15) is 5.11 Å². The molecular formula is C12H17N5O. The molecule has 0 aromatic carbocycles. The molecule has 2 aromatic heterocycles. The fourth-order valence-corrected chi connectivity index (χ4v) is 2.18. The van der Waals surface area contributed by atoms with Gasteiger partial charge in [-0.25, -0.2) is 9.97 Å². The highest BCUT2D eigenvalue weighted by atomic mass is 16.3. The monoisotopic (exact) mass is 247 g/mol. The van der Waals surface area contributed by atoms with Crippen molar-refractivity contribution in [1.82, 2.24) is 14.4 Å². The number of aromatic nitrogens is 3. The molecule has 0 spiro atoms. The Kier molecular flexibility index (Phi) is 2.59. The predicted molar refractivity (Wildman–Crippen MR) is 69.8 cm³/mol. The molecule has 18 heavy (non-hydrogen) atoms. The molecule has 2 aromatic rings. The van der Waals surface area contributed by atoms with Crippen molar-refractivity contribution in [3.8, 4) is 0 Å². The third-order valence-corrected chi connectivity index (χ3v) is 3.50. The van der Waals surface area contributed by atoms with Crippen LogP contribution >= 0.6 is 0 Å². The highest BCUT2D eigenvalue weighted by Gasteiger charge is 2.34. The summed E-state index contributed by atoms with van der Waals surface area (Å²) < 4.78 is 1.91. The van der Waals surface area contributed by atoms with Crippen molar-refractivity contribution >= 4 is 17.3 Å². The number of imidazole rings is 1. The number of anilines is 2. The first kappa shape index (κ1) is 11.3. The van der Waals surface area contributed by atoms with Gasteiger partial charge in [-0.15, -0.1) is 0 Å². The van der Waals surface area contributed by atoms with Gasteiger partial charge in [-0.1, -0.05) is 0 Å². The summed E-state index contributed by atoms with van der Waals surface area (Å²) in [6, 6.07) is 0. The molecule has 0 aliphatic heterocycles. The molecule has 0 amide bonds. The summed E-state index contributed by atoms with van der Waals surface area (Å²) in [5.41, 5.74) is 0.206. The van der Waals surface area contributed by atoms with E-state index >= 15 is 0 Å². The van der Waals surface area contributed by atoms with Crippen LogP contribution in [-0.4, -0.2) is 38.7 Å². The number of aliphatic hydroxyl groups is 1. The highest BCUT2D eigenvalue weighted by molar-refractivity contribution is 5.65. The van der Waals surface area contributed by atoms with Gasteiger partial charge >= 0.3 is 0 Å². The Bertz CT molecular complexity index is 561. The second-order valence-electron chi connectivity index (χ2n) is 4.81. The molecule has 2 heterocycles. The van der Waals surface area contributed by atoms with Gasteiger partial charge in [0.15, 0.2) is 11.5 Å².